The normalized spacial score (nSPS) is 21.1. The number of alkyl carbamates (subject to hydrolysis) is 2. The van der Waals surface area contributed by atoms with E-state index in [0.717, 1.165) is 22.5 Å². The van der Waals surface area contributed by atoms with E-state index >= 15 is 0 Å². The molecule has 36 heavy (non-hydrogen) atoms. The van der Waals surface area contributed by atoms with Gasteiger partial charge in [-0.1, -0.05) is 60.7 Å². The van der Waals surface area contributed by atoms with Crippen molar-refractivity contribution in [2.75, 3.05) is 13.7 Å². The number of fused-ring (bicyclic) bond motifs is 3. The van der Waals surface area contributed by atoms with Crippen molar-refractivity contribution in [3.8, 4) is 11.1 Å². The Kier molecular flexibility index (Phi) is 7.83. The third-order valence-corrected chi connectivity index (χ3v) is 7.35. The van der Waals surface area contributed by atoms with E-state index < -0.39 is 17.8 Å². The SMILES string of the molecule is CNC(=S)[C@H]1CC[C@H](NC(=O)OCC2c3ccccc3-c3ccccc32)[C@H](NC(=O)OC(C)(C)C)C1. The average molecular weight is 510 g/mol. The Morgan fingerprint density at radius 2 is 1.50 bits per heavy atom. The van der Waals surface area contributed by atoms with E-state index in [1.54, 1.807) is 7.05 Å². The summed E-state index contributed by atoms with van der Waals surface area (Å²) >= 11 is 5.46. The topological polar surface area (TPSA) is 88.7 Å². The molecular weight excluding hydrogens is 474 g/mol. The van der Waals surface area contributed by atoms with Crippen LogP contribution in [0.3, 0.4) is 0 Å². The van der Waals surface area contributed by atoms with Gasteiger partial charge in [-0.2, -0.15) is 0 Å². The van der Waals surface area contributed by atoms with Crippen LogP contribution in [-0.4, -0.2) is 48.5 Å². The maximum absolute atomic E-state index is 12.9. The van der Waals surface area contributed by atoms with Crippen LogP contribution in [0.2, 0.25) is 0 Å². The van der Waals surface area contributed by atoms with Gasteiger partial charge in [-0.15, -0.1) is 0 Å². The van der Waals surface area contributed by atoms with Gasteiger partial charge in [0.2, 0.25) is 0 Å². The lowest BCUT2D eigenvalue weighted by Crippen LogP contribution is -2.56. The van der Waals surface area contributed by atoms with Gasteiger partial charge in [-0.05, 0) is 62.3 Å². The van der Waals surface area contributed by atoms with Gasteiger partial charge in [0.25, 0.3) is 0 Å². The molecule has 2 amide bonds. The maximum atomic E-state index is 12.9. The molecule has 2 aliphatic carbocycles. The van der Waals surface area contributed by atoms with Crippen LogP contribution in [0.4, 0.5) is 9.59 Å². The van der Waals surface area contributed by atoms with Gasteiger partial charge in [-0.3, -0.25) is 0 Å². The average Bonchev–Trinajstić information content (AvgIpc) is 3.16. The third-order valence-electron chi connectivity index (χ3n) is 6.82. The number of carbonyl (C=O) groups is 2. The molecule has 0 aliphatic heterocycles. The molecule has 3 N–H and O–H groups in total. The van der Waals surface area contributed by atoms with Crippen molar-refractivity contribution in [1.29, 1.82) is 0 Å². The van der Waals surface area contributed by atoms with Crippen LogP contribution in [0.15, 0.2) is 48.5 Å². The summed E-state index contributed by atoms with van der Waals surface area (Å²) < 4.78 is 11.2. The lowest BCUT2D eigenvalue weighted by molar-refractivity contribution is 0.0470. The van der Waals surface area contributed by atoms with E-state index in [-0.39, 0.29) is 30.5 Å². The zero-order valence-corrected chi connectivity index (χ0v) is 22.1. The van der Waals surface area contributed by atoms with Crippen molar-refractivity contribution >= 4 is 29.4 Å². The van der Waals surface area contributed by atoms with Gasteiger partial charge in [0.1, 0.15) is 12.2 Å². The highest BCUT2D eigenvalue weighted by Crippen LogP contribution is 2.44. The largest absolute Gasteiger partial charge is 0.449 e. The molecule has 2 aromatic carbocycles. The summed E-state index contributed by atoms with van der Waals surface area (Å²) in [6, 6.07) is 15.9. The van der Waals surface area contributed by atoms with E-state index in [0.29, 0.717) is 12.8 Å². The van der Waals surface area contributed by atoms with E-state index in [9.17, 15) is 9.59 Å². The molecule has 0 heterocycles. The van der Waals surface area contributed by atoms with Crippen LogP contribution in [0.5, 0.6) is 0 Å². The van der Waals surface area contributed by atoms with Gasteiger partial charge < -0.3 is 25.4 Å². The van der Waals surface area contributed by atoms with E-state index in [1.807, 2.05) is 45.0 Å². The van der Waals surface area contributed by atoms with Crippen LogP contribution in [-0.2, 0) is 9.47 Å². The lowest BCUT2D eigenvalue weighted by atomic mass is 9.82. The fourth-order valence-electron chi connectivity index (χ4n) is 5.20. The lowest BCUT2D eigenvalue weighted by Gasteiger charge is -2.37. The fraction of sp³-hybridized carbons (Fsp3) is 0.464. The number of ether oxygens (including phenoxy) is 2. The zero-order chi connectivity index (χ0) is 25.9. The summed E-state index contributed by atoms with van der Waals surface area (Å²) in [6.45, 7) is 5.69. The summed E-state index contributed by atoms with van der Waals surface area (Å²) in [7, 11) is 1.81. The number of hydrogen-bond acceptors (Lipinski definition) is 5. The molecule has 1 fully saturated rings. The molecule has 0 saturated heterocycles. The van der Waals surface area contributed by atoms with Crippen LogP contribution in [0.1, 0.15) is 57.1 Å². The fourth-order valence-corrected chi connectivity index (χ4v) is 5.41. The van der Waals surface area contributed by atoms with Gasteiger partial charge in [0.05, 0.1) is 17.1 Å². The minimum absolute atomic E-state index is 0.0115. The predicted molar refractivity (Wildman–Crippen MR) is 144 cm³/mol. The molecule has 4 rings (SSSR count). The number of nitrogens with one attached hydrogen (secondary N) is 3. The van der Waals surface area contributed by atoms with Crippen molar-refractivity contribution < 1.29 is 19.1 Å². The number of carbonyl (C=O) groups excluding carboxylic acids is 2. The number of hydrogen-bond donors (Lipinski definition) is 3. The molecule has 7 nitrogen and oxygen atoms in total. The van der Waals surface area contributed by atoms with Gasteiger partial charge >= 0.3 is 12.2 Å². The Hall–Kier alpha value is -3.13. The standard InChI is InChI=1S/C28H35N3O4S/c1-28(2,3)35-27(33)31-24-15-17(25(36)29-4)13-14-23(24)30-26(32)34-16-22-20-11-7-5-9-18(20)19-10-6-8-12-21(19)22/h5-12,17,22-24H,13-16H2,1-4H3,(H,29,36)(H,30,32)(H,31,33)/t17-,23-,24+/m0/s1. The highest BCUT2D eigenvalue weighted by molar-refractivity contribution is 7.80. The summed E-state index contributed by atoms with van der Waals surface area (Å²) in [5.74, 6) is 0.105. The Morgan fingerprint density at radius 1 is 0.917 bits per heavy atom. The molecule has 8 heteroatoms. The first-order chi connectivity index (χ1) is 17.2. The Morgan fingerprint density at radius 3 is 2.08 bits per heavy atom. The van der Waals surface area contributed by atoms with Crippen molar-refractivity contribution in [3.63, 3.8) is 0 Å². The summed E-state index contributed by atoms with van der Waals surface area (Å²) in [5.41, 5.74) is 4.08. The number of amides is 2. The predicted octanol–water partition coefficient (Wildman–Crippen LogP) is 5.13. The monoisotopic (exact) mass is 509 g/mol. The minimum atomic E-state index is -0.617. The van der Waals surface area contributed by atoms with Gasteiger partial charge in [0, 0.05) is 18.9 Å². The molecule has 0 spiro atoms. The number of thiocarbonyl (C=S) groups is 1. The second-order valence-corrected chi connectivity index (χ2v) is 10.9. The van der Waals surface area contributed by atoms with Crippen molar-refractivity contribution in [1.82, 2.24) is 16.0 Å². The van der Waals surface area contributed by atoms with Gasteiger partial charge in [0.15, 0.2) is 0 Å². The third kappa shape index (κ3) is 5.98. The molecule has 2 aliphatic rings. The first-order valence-electron chi connectivity index (χ1n) is 12.5. The van der Waals surface area contributed by atoms with E-state index in [4.69, 9.17) is 21.7 Å². The summed E-state index contributed by atoms with van der Waals surface area (Å²) in [4.78, 5) is 26.2. The second kappa shape index (κ2) is 10.9. The highest BCUT2D eigenvalue weighted by Gasteiger charge is 2.36. The number of rotatable bonds is 5. The van der Waals surface area contributed by atoms with E-state index in [1.165, 1.54) is 11.1 Å². The van der Waals surface area contributed by atoms with Crippen molar-refractivity contribution in [3.05, 3.63) is 59.7 Å². The van der Waals surface area contributed by atoms with Crippen LogP contribution < -0.4 is 16.0 Å². The Balaban J connectivity index is 1.41. The summed E-state index contributed by atoms with van der Waals surface area (Å²) in [5, 5.41) is 8.98. The molecule has 0 unspecified atom stereocenters. The molecule has 0 radical (unpaired) electrons. The quantitative estimate of drug-likeness (QED) is 0.484. The first kappa shape index (κ1) is 25.9. The molecule has 192 valence electrons. The Bertz CT molecular complexity index is 1080. The molecule has 2 aromatic rings. The van der Waals surface area contributed by atoms with Crippen molar-refractivity contribution in [2.24, 2.45) is 5.92 Å². The second-order valence-electron chi connectivity index (χ2n) is 10.5. The first-order valence-corrected chi connectivity index (χ1v) is 12.9. The molecule has 1 saturated carbocycles. The number of benzene rings is 2. The smallest absolute Gasteiger partial charge is 0.407 e. The summed E-state index contributed by atoms with van der Waals surface area (Å²) in [6.07, 6.45) is 1.07. The molecular formula is C28H35N3O4S. The van der Waals surface area contributed by atoms with Crippen molar-refractivity contribution in [2.45, 2.75) is 63.6 Å². The van der Waals surface area contributed by atoms with Crippen LogP contribution in [0, 0.1) is 5.92 Å². The molecule has 0 bridgehead atoms. The minimum Gasteiger partial charge on any atom is -0.449 e. The highest BCUT2D eigenvalue weighted by atomic mass is 32.1. The van der Waals surface area contributed by atoms with Gasteiger partial charge in [-0.25, -0.2) is 9.59 Å². The van der Waals surface area contributed by atoms with Crippen LogP contribution >= 0.6 is 12.2 Å². The van der Waals surface area contributed by atoms with E-state index in [2.05, 4.69) is 40.2 Å². The van der Waals surface area contributed by atoms with Crippen LogP contribution in [0.25, 0.3) is 11.1 Å². The Labute approximate surface area is 218 Å². The molecule has 0 aromatic heterocycles. The molecule has 3 atom stereocenters. The zero-order valence-electron chi connectivity index (χ0n) is 21.3. The maximum Gasteiger partial charge on any atom is 0.407 e.